The van der Waals surface area contributed by atoms with Gasteiger partial charge in [-0.1, -0.05) is 0 Å². The van der Waals surface area contributed by atoms with Crippen molar-refractivity contribution in [3.05, 3.63) is 0 Å². The average molecular weight is 124 g/mol. The van der Waals surface area contributed by atoms with Gasteiger partial charge in [-0.3, -0.25) is 4.90 Å². The van der Waals surface area contributed by atoms with Crippen LogP contribution >= 0.6 is 0 Å². The van der Waals surface area contributed by atoms with Gasteiger partial charge in [-0.2, -0.15) is 0 Å². The van der Waals surface area contributed by atoms with Gasteiger partial charge in [0.25, 0.3) is 0 Å². The molecule has 0 spiro atoms. The van der Waals surface area contributed by atoms with E-state index >= 15 is 0 Å². The molecule has 0 aromatic rings. The zero-order valence-electron chi connectivity index (χ0n) is 5.51. The number of nitrogens with two attached hydrogens (primary N) is 1. The minimum absolute atomic E-state index is 0.405. The summed E-state index contributed by atoms with van der Waals surface area (Å²) in [6.45, 7) is 3.08. The molecule has 0 aromatic carbocycles. The molecule has 1 aliphatic heterocycles. The summed E-state index contributed by atoms with van der Waals surface area (Å²) in [6.07, 6.45) is 5.94. The number of likely N-dealkylation sites (tertiary alicyclic amines) is 1. The fourth-order valence-corrected chi connectivity index (χ4v) is 1.02. The SMILES string of the molecule is C#CCCN1CC(N)C1. The molecule has 0 atom stereocenters. The van der Waals surface area contributed by atoms with Gasteiger partial charge in [0, 0.05) is 32.1 Å². The summed E-state index contributed by atoms with van der Waals surface area (Å²) in [5.74, 6) is 2.60. The molecule has 1 fully saturated rings. The number of rotatable bonds is 2. The second kappa shape index (κ2) is 2.86. The normalized spacial score (nSPS) is 20.9. The summed E-state index contributed by atoms with van der Waals surface area (Å²) in [5.41, 5.74) is 5.55. The van der Waals surface area contributed by atoms with Crippen molar-refractivity contribution in [3.8, 4) is 12.3 Å². The first-order chi connectivity index (χ1) is 4.33. The van der Waals surface area contributed by atoms with Crippen molar-refractivity contribution in [2.75, 3.05) is 19.6 Å². The van der Waals surface area contributed by atoms with Crippen molar-refractivity contribution in [3.63, 3.8) is 0 Å². The van der Waals surface area contributed by atoms with Crippen LogP contribution in [-0.2, 0) is 0 Å². The van der Waals surface area contributed by atoms with Crippen LogP contribution in [0.15, 0.2) is 0 Å². The lowest BCUT2D eigenvalue weighted by atomic mass is 10.1. The third kappa shape index (κ3) is 1.70. The predicted molar refractivity (Wildman–Crippen MR) is 37.9 cm³/mol. The fraction of sp³-hybridized carbons (Fsp3) is 0.714. The molecular formula is C7H12N2. The largest absolute Gasteiger partial charge is 0.325 e. The molecule has 0 saturated carbocycles. The van der Waals surface area contributed by atoms with Crippen molar-refractivity contribution in [1.29, 1.82) is 0 Å². The first-order valence-electron chi connectivity index (χ1n) is 3.24. The molecule has 1 saturated heterocycles. The molecule has 0 bridgehead atoms. The first-order valence-corrected chi connectivity index (χ1v) is 3.24. The molecule has 0 radical (unpaired) electrons. The van der Waals surface area contributed by atoms with Gasteiger partial charge in [-0.25, -0.2) is 0 Å². The van der Waals surface area contributed by atoms with E-state index in [1.807, 2.05) is 0 Å². The standard InChI is InChI=1S/C7H12N2/c1-2-3-4-9-5-7(8)6-9/h1,7H,3-6,8H2. The van der Waals surface area contributed by atoms with E-state index in [1.165, 1.54) is 0 Å². The van der Waals surface area contributed by atoms with E-state index in [-0.39, 0.29) is 0 Å². The summed E-state index contributed by atoms with van der Waals surface area (Å²) < 4.78 is 0. The van der Waals surface area contributed by atoms with Crippen LogP contribution in [0.25, 0.3) is 0 Å². The predicted octanol–water partition coefficient (Wildman–Crippen LogP) is -0.347. The van der Waals surface area contributed by atoms with Crippen LogP contribution < -0.4 is 5.73 Å². The van der Waals surface area contributed by atoms with Crippen LogP contribution in [0.1, 0.15) is 6.42 Å². The molecule has 2 nitrogen and oxygen atoms in total. The number of nitrogens with zero attached hydrogens (tertiary/aromatic N) is 1. The van der Waals surface area contributed by atoms with Crippen molar-refractivity contribution in [2.45, 2.75) is 12.5 Å². The molecule has 0 unspecified atom stereocenters. The van der Waals surface area contributed by atoms with Crippen molar-refractivity contribution < 1.29 is 0 Å². The van der Waals surface area contributed by atoms with Gasteiger partial charge in [-0.05, 0) is 0 Å². The molecule has 50 valence electrons. The van der Waals surface area contributed by atoms with Crippen LogP contribution in [-0.4, -0.2) is 30.6 Å². The van der Waals surface area contributed by atoms with Gasteiger partial charge >= 0.3 is 0 Å². The highest BCUT2D eigenvalue weighted by atomic mass is 15.2. The minimum Gasteiger partial charge on any atom is -0.325 e. The molecule has 0 amide bonds. The van der Waals surface area contributed by atoms with Gasteiger partial charge in [0.1, 0.15) is 0 Å². The van der Waals surface area contributed by atoms with Crippen molar-refractivity contribution in [1.82, 2.24) is 4.90 Å². The van der Waals surface area contributed by atoms with Gasteiger partial charge in [0.15, 0.2) is 0 Å². The number of hydrogen-bond donors (Lipinski definition) is 1. The smallest absolute Gasteiger partial charge is 0.0297 e. The summed E-state index contributed by atoms with van der Waals surface area (Å²) in [7, 11) is 0. The Kier molecular flexibility index (Phi) is 2.10. The average Bonchev–Trinajstić information content (AvgIpc) is 1.78. The van der Waals surface area contributed by atoms with Gasteiger partial charge < -0.3 is 5.73 Å². The molecule has 2 heteroatoms. The Morgan fingerprint density at radius 1 is 1.67 bits per heavy atom. The molecule has 1 rings (SSSR count). The quantitative estimate of drug-likeness (QED) is 0.510. The summed E-state index contributed by atoms with van der Waals surface area (Å²) in [4.78, 5) is 2.27. The fourth-order valence-electron chi connectivity index (χ4n) is 1.02. The van der Waals surface area contributed by atoms with Crippen LogP contribution in [0.4, 0.5) is 0 Å². The molecule has 2 N–H and O–H groups in total. The Hall–Kier alpha value is -0.520. The maximum atomic E-state index is 5.55. The molecule has 1 aliphatic rings. The van der Waals surface area contributed by atoms with E-state index < -0.39 is 0 Å². The highest BCUT2D eigenvalue weighted by molar-refractivity contribution is 4.89. The lowest BCUT2D eigenvalue weighted by Crippen LogP contribution is -2.55. The third-order valence-electron chi connectivity index (χ3n) is 1.56. The molecule has 0 aromatic heterocycles. The van der Waals surface area contributed by atoms with Gasteiger partial charge in [-0.15, -0.1) is 12.3 Å². The van der Waals surface area contributed by atoms with Gasteiger partial charge in [0.2, 0.25) is 0 Å². The van der Waals surface area contributed by atoms with Crippen molar-refractivity contribution >= 4 is 0 Å². The zero-order valence-corrected chi connectivity index (χ0v) is 5.51. The molecule has 0 aliphatic carbocycles. The van der Waals surface area contributed by atoms with Crippen molar-refractivity contribution in [2.24, 2.45) is 5.73 Å². The van der Waals surface area contributed by atoms with E-state index in [9.17, 15) is 0 Å². The molecular weight excluding hydrogens is 112 g/mol. The van der Waals surface area contributed by atoms with E-state index in [0.29, 0.717) is 6.04 Å². The van der Waals surface area contributed by atoms with E-state index in [1.54, 1.807) is 0 Å². The van der Waals surface area contributed by atoms with Gasteiger partial charge in [0.05, 0.1) is 0 Å². The summed E-state index contributed by atoms with van der Waals surface area (Å²) in [6, 6.07) is 0.405. The van der Waals surface area contributed by atoms with Crippen LogP contribution in [0.5, 0.6) is 0 Å². The summed E-state index contributed by atoms with van der Waals surface area (Å²) >= 11 is 0. The second-order valence-corrected chi connectivity index (χ2v) is 2.47. The third-order valence-corrected chi connectivity index (χ3v) is 1.56. The minimum atomic E-state index is 0.405. The van der Waals surface area contributed by atoms with Crippen LogP contribution in [0.2, 0.25) is 0 Å². The van der Waals surface area contributed by atoms with E-state index in [2.05, 4.69) is 10.8 Å². The highest BCUT2D eigenvalue weighted by Gasteiger charge is 2.21. The Labute approximate surface area is 56.0 Å². The lowest BCUT2D eigenvalue weighted by molar-refractivity contribution is 0.155. The Balaban J connectivity index is 1.99. The van der Waals surface area contributed by atoms with Crippen LogP contribution in [0, 0.1) is 12.3 Å². The molecule has 1 heterocycles. The Bertz CT molecular complexity index is 119. The first kappa shape index (κ1) is 6.60. The summed E-state index contributed by atoms with van der Waals surface area (Å²) in [5, 5.41) is 0. The maximum Gasteiger partial charge on any atom is 0.0297 e. The highest BCUT2D eigenvalue weighted by Crippen LogP contribution is 2.04. The van der Waals surface area contributed by atoms with E-state index in [0.717, 1.165) is 26.1 Å². The maximum absolute atomic E-state index is 5.55. The monoisotopic (exact) mass is 124 g/mol. The lowest BCUT2D eigenvalue weighted by Gasteiger charge is -2.36. The number of terminal acetylenes is 1. The van der Waals surface area contributed by atoms with Crippen LogP contribution in [0.3, 0.4) is 0 Å². The molecule has 9 heavy (non-hydrogen) atoms. The Morgan fingerprint density at radius 2 is 2.33 bits per heavy atom. The zero-order chi connectivity index (χ0) is 6.69. The number of hydrogen-bond acceptors (Lipinski definition) is 2. The Morgan fingerprint density at radius 3 is 2.78 bits per heavy atom. The van der Waals surface area contributed by atoms with E-state index in [4.69, 9.17) is 12.2 Å². The topological polar surface area (TPSA) is 29.3 Å². The second-order valence-electron chi connectivity index (χ2n) is 2.47.